The Labute approximate surface area is 81.3 Å². The lowest BCUT2D eigenvalue weighted by Gasteiger charge is -2.11. The molecular formula is C7H6F3N3O2. The molecule has 0 aliphatic carbocycles. The highest BCUT2D eigenvalue weighted by Crippen LogP contribution is 2.15. The number of alkyl halides is 3. The number of halogens is 3. The van der Waals surface area contributed by atoms with Crippen molar-refractivity contribution < 1.29 is 18.0 Å². The van der Waals surface area contributed by atoms with Gasteiger partial charge in [-0.2, -0.15) is 13.8 Å². The molecule has 1 heterocycles. The van der Waals surface area contributed by atoms with Gasteiger partial charge in [-0.1, -0.05) is 0 Å². The summed E-state index contributed by atoms with van der Waals surface area (Å²) >= 11 is 0. The van der Waals surface area contributed by atoms with E-state index in [2.05, 4.69) is 4.98 Å². The third-order valence-electron chi connectivity index (χ3n) is 1.52. The molecule has 0 saturated heterocycles. The molecule has 1 aromatic rings. The molecule has 0 amide bonds. The molecule has 0 spiro atoms. The Hall–Kier alpha value is -1.86. The van der Waals surface area contributed by atoms with Crippen LogP contribution in [-0.4, -0.2) is 28.1 Å². The first kappa shape index (κ1) is 11.2. The lowest BCUT2D eigenvalue weighted by molar-refractivity contribution is -0.0136. The normalized spacial score (nSPS) is 11.4. The van der Waals surface area contributed by atoms with E-state index in [0.29, 0.717) is 0 Å². The van der Waals surface area contributed by atoms with Gasteiger partial charge in [0.2, 0.25) is 0 Å². The third-order valence-corrected chi connectivity index (χ3v) is 1.52. The van der Waals surface area contributed by atoms with Gasteiger partial charge >= 0.3 is 17.5 Å². The van der Waals surface area contributed by atoms with Gasteiger partial charge in [0.15, 0.2) is 6.67 Å². The minimum atomic E-state index is -4.23. The number of carbonyl (C=O) groups excluding carboxylic acids is 1. The van der Waals surface area contributed by atoms with E-state index in [1.165, 1.54) is 0 Å². The summed E-state index contributed by atoms with van der Waals surface area (Å²) in [5.41, 5.74) is 3.80. The molecule has 1 aromatic heterocycles. The number of aromatic nitrogens is 2. The Balaban J connectivity index is 3.19. The highest BCUT2D eigenvalue weighted by atomic mass is 19.3. The zero-order valence-corrected chi connectivity index (χ0v) is 7.28. The molecule has 2 N–H and O–H groups in total. The van der Waals surface area contributed by atoms with Gasteiger partial charge < -0.3 is 5.73 Å². The maximum atomic E-state index is 12.6. The smallest absolute Gasteiger partial charge is 0.356 e. The van der Waals surface area contributed by atoms with Crippen molar-refractivity contribution in [3.63, 3.8) is 0 Å². The Bertz CT molecular complexity index is 443. The number of nitrogens with zero attached hydrogens (tertiary/aromatic N) is 2. The van der Waals surface area contributed by atoms with E-state index in [9.17, 15) is 22.8 Å². The van der Waals surface area contributed by atoms with Crippen molar-refractivity contribution in [1.29, 1.82) is 0 Å². The van der Waals surface area contributed by atoms with Crippen LogP contribution in [0.4, 0.5) is 19.0 Å². The topological polar surface area (TPSA) is 78.0 Å². The molecule has 0 fully saturated rings. The predicted molar refractivity (Wildman–Crippen MR) is 44.5 cm³/mol. The van der Waals surface area contributed by atoms with Crippen molar-refractivity contribution in [2.24, 2.45) is 0 Å². The van der Waals surface area contributed by atoms with Gasteiger partial charge in [-0.25, -0.2) is 13.8 Å². The SMILES string of the molecule is Nc1ccn(C(=O)C(F)(F)CF)c(=O)n1. The first-order chi connectivity index (χ1) is 6.88. The maximum absolute atomic E-state index is 12.6. The zero-order valence-electron chi connectivity index (χ0n) is 7.28. The van der Waals surface area contributed by atoms with Crippen LogP contribution in [0.5, 0.6) is 0 Å². The van der Waals surface area contributed by atoms with Gasteiger partial charge in [-0.05, 0) is 6.07 Å². The summed E-state index contributed by atoms with van der Waals surface area (Å²) in [6.45, 7) is -2.18. The van der Waals surface area contributed by atoms with Gasteiger partial charge in [-0.3, -0.25) is 4.79 Å². The monoisotopic (exact) mass is 221 g/mol. The lowest BCUT2D eigenvalue weighted by Crippen LogP contribution is -2.41. The second kappa shape index (κ2) is 3.71. The second-order valence-electron chi connectivity index (χ2n) is 2.65. The van der Waals surface area contributed by atoms with E-state index >= 15 is 0 Å². The van der Waals surface area contributed by atoms with E-state index < -0.39 is 24.2 Å². The van der Waals surface area contributed by atoms with Crippen LogP contribution in [0.1, 0.15) is 4.79 Å². The van der Waals surface area contributed by atoms with E-state index in [1.807, 2.05) is 0 Å². The fraction of sp³-hybridized carbons (Fsp3) is 0.286. The molecule has 0 radical (unpaired) electrons. The highest BCUT2D eigenvalue weighted by molar-refractivity contribution is 5.85. The first-order valence-electron chi connectivity index (χ1n) is 3.72. The Morgan fingerprint density at radius 1 is 1.60 bits per heavy atom. The van der Waals surface area contributed by atoms with Gasteiger partial charge in [0.1, 0.15) is 5.82 Å². The Morgan fingerprint density at radius 2 is 2.20 bits per heavy atom. The quantitative estimate of drug-likeness (QED) is 0.766. The van der Waals surface area contributed by atoms with Crippen molar-refractivity contribution in [3.05, 3.63) is 22.7 Å². The summed E-state index contributed by atoms with van der Waals surface area (Å²) in [4.78, 5) is 24.9. The van der Waals surface area contributed by atoms with Crippen LogP contribution >= 0.6 is 0 Å². The number of nitrogens with two attached hydrogens (primary N) is 1. The molecule has 5 nitrogen and oxygen atoms in total. The van der Waals surface area contributed by atoms with Gasteiger partial charge in [-0.15, -0.1) is 0 Å². The third kappa shape index (κ3) is 2.14. The first-order valence-corrected chi connectivity index (χ1v) is 3.72. The van der Waals surface area contributed by atoms with Crippen LogP contribution in [0.2, 0.25) is 0 Å². The number of hydrogen-bond acceptors (Lipinski definition) is 4. The molecule has 1 rings (SSSR count). The van der Waals surface area contributed by atoms with Crippen molar-refractivity contribution in [2.75, 3.05) is 12.4 Å². The largest absolute Gasteiger partial charge is 0.383 e. The average molecular weight is 221 g/mol. The summed E-state index contributed by atoms with van der Waals surface area (Å²) in [5.74, 6) is -6.42. The molecule has 15 heavy (non-hydrogen) atoms. The number of carbonyl (C=O) groups is 1. The van der Waals surface area contributed by atoms with Crippen LogP contribution in [0.15, 0.2) is 17.1 Å². The van der Waals surface area contributed by atoms with Crippen molar-refractivity contribution in [3.8, 4) is 0 Å². The van der Waals surface area contributed by atoms with E-state index in [1.54, 1.807) is 0 Å². The van der Waals surface area contributed by atoms with Crippen LogP contribution in [0, 0.1) is 0 Å². The molecule has 0 aliphatic heterocycles. The fourth-order valence-electron chi connectivity index (χ4n) is 0.804. The van der Waals surface area contributed by atoms with Crippen LogP contribution < -0.4 is 11.4 Å². The molecule has 0 saturated carbocycles. The molecule has 82 valence electrons. The summed E-state index contributed by atoms with van der Waals surface area (Å²) in [6, 6.07) is 0.980. The van der Waals surface area contributed by atoms with Crippen molar-refractivity contribution in [2.45, 2.75) is 5.92 Å². The number of hydrogen-bond donors (Lipinski definition) is 1. The minimum absolute atomic E-state index is 0.00986. The molecule has 8 heteroatoms. The van der Waals surface area contributed by atoms with Crippen molar-refractivity contribution in [1.82, 2.24) is 9.55 Å². The Morgan fingerprint density at radius 3 is 2.67 bits per heavy atom. The second-order valence-corrected chi connectivity index (χ2v) is 2.65. The summed E-state index contributed by atoms with van der Waals surface area (Å²) in [7, 11) is 0. The number of rotatable bonds is 2. The summed E-state index contributed by atoms with van der Waals surface area (Å²) in [5, 5.41) is 0. The van der Waals surface area contributed by atoms with E-state index in [0.717, 1.165) is 12.3 Å². The van der Waals surface area contributed by atoms with E-state index in [-0.39, 0.29) is 10.4 Å². The zero-order chi connectivity index (χ0) is 11.6. The summed E-state index contributed by atoms with van der Waals surface area (Å²) in [6.07, 6.45) is 0.719. The van der Waals surface area contributed by atoms with Gasteiger partial charge in [0.05, 0.1) is 0 Å². The average Bonchev–Trinajstić information content (AvgIpc) is 2.17. The molecule has 0 atom stereocenters. The highest BCUT2D eigenvalue weighted by Gasteiger charge is 2.40. The molecule has 0 aliphatic rings. The molecule has 0 unspecified atom stereocenters. The van der Waals surface area contributed by atoms with Gasteiger partial charge in [0.25, 0.3) is 0 Å². The van der Waals surface area contributed by atoms with Gasteiger partial charge in [0, 0.05) is 6.20 Å². The van der Waals surface area contributed by atoms with Crippen LogP contribution in [-0.2, 0) is 0 Å². The van der Waals surface area contributed by atoms with Crippen LogP contribution in [0.25, 0.3) is 0 Å². The predicted octanol–water partition coefficient (Wildman–Crippen LogP) is 0.0705. The lowest BCUT2D eigenvalue weighted by atomic mass is 10.3. The maximum Gasteiger partial charge on any atom is 0.356 e. The fourth-order valence-corrected chi connectivity index (χ4v) is 0.804. The Kier molecular flexibility index (Phi) is 2.78. The summed E-state index contributed by atoms with van der Waals surface area (Å²) < 4.78 is 36.9. The molecular weight excluding hydrogens is 215 g/mol. The van der Waals surface area contributed by atoms with E-state index in [4.69, 9.17) is 5.73 Å². The minimum Gasteiger partial charge on any atom is -0.383 e. The molecule has 0 bridgehead atoms. The molecule has 0 aromatic carbocycles. The number of nitrogen functional groups attached to an aromatic ring is 1. The van der Waals surface area contributed by atoms with Crippen LogP contribution in [0.3, 0.4) is 0 Å². The van der Waals surface area contributed by atoms with Crippen molar-refractivity contribution >= 4 is 11.7 Å². The number of anilines is 1. The standard InChI is InChI=1S/C7H6F3N3O2/c8-3-7(9,10)5(14)13-2-1-4(11)12-6(13)15/h1-2H,3H2,(H2,11,12,15).